The standard InChI is InChI=1S/C34H39N5O5/c1-19(32-36-20(2)31(44-5)30(37-32)33(43)35-18-28(41)42)34(29-21-6-7-22(29)9-8-21)24-12-14-39(15-13-24)26-11-10-25(34)16-23(26)17-27(40)38(3)4/h6-11,16,19,24,29H,12-15,17-18H2,1-5H3,(H,35,43)(H,41,42). The molecule has 1 fully saturated rings. The first-order valence-corrected chi connectivity index (χ1v) is 15.2. The molecule has 2 amide bonds. The number of ether oxygens (including phenoxy) is 1. The maximum atomic E-state index is 13.2. The summed E-state index contributed by atoms with van der Waals surface area (Å²) in [5.74, 6) is -0.923. The first-order chi connectivity index (χ1) is 21.1. The molecular weight excluding hydrogens is 558 g/mol. The number of amides is 2. The number of nitrogens with zero attached hydrogens (tertiary/aromatic N) is 4. The van der Waals surface area contributed by atoms with Gasteiger partial charge in [-0.25, -0.2) is 9.97 Å². The third-order valence-electron chi connectivity index (χ3n) is 9.99. The molecule has 44 heavy (non-hydrogen) atoms. The first kappa shape index (κ1) is 29.6. The van der Waals surface area contributed by atoms with Gasteiger partial charge in [-0.1, -0.05) is 43.4 Å². The van der Waals surface area contributed by atoms with Gasteiger partial charge in [0, 0.05) is 50.1 Å². The number of carbonyl (C=O) groups excluding carboxylic acids is 2. The lowest BCUT2D eigenvalue weighted by molar-refractivity contribution is -0.135. The highest BCUT2D eigenvalue weighted by Crippen LogP contribution is 2.61. The Hall–Kier alpha value is -4.47. The SMILES string of the molecule is COc1c(C)nc(C(C)C2(C3C4=CC=C3C=C4)c3ccc(c(CC(=O)N(C)C)c3)N3CCC2CC3)nc1C(=O)NCC(=O)O. The predicted octanol–water partition coefficient (Wildman–Crippen LogP) is 3.56. The molecule has 0 radical (unpaired) electrons. The number of allylic oxidation sites excluding steroid dienone is 6. The molecule has 2 unspecified atom stereocenters. The van der Waals surface area contributed by atoms with Crippen LogP contribution in [0.5, 0.6) is 5.75 Å². The number of aromatic nitrogens is 2. The van der Waals surface area contributed by atoms with Gasteiger partial charge < -0.3 is 25.0 Å². The van der Waals surface area contributed by atoms with Crippen LogP contribution >= 0.6 is 0 Å². The number of carboxylic acids is 1. The minimum absolute atomic E-state index is 0.0229. The second-order valence-electron chi connectivity index (χ2n) is 12.4. The van der Waals surface area contributed by atoms with E-state index >= 15 is 0 Å². The Morgan fingerprint density at radius 1 is 1.14 bits per heavy atom. The number of aliphatic carboxylic acids is 1. The van der Waals surface area contributed by atoms with Crippen molar-refractivity contribution in [3.8, 4) is 5.75 Å². The van der Waals surface area contributed by atoms with E-state index < -0.39 is 23.8 Å². The molecule has 0 spiro atoms. The summed E-state index contributed by atoms with van der Waals surface area (Å²) in [5, 5.41) is 11.6. The molecule has 1 saturated heterocycles. The van der Waals surface area contributed by atoms with Gasteiger partial charge in [0.2, 0.25) is 5.91 Å². The fourth-order valence-corrected chi connectivity index (χ4v) is 7.97. The van der Waals surface area contributed by atoms with Gasteiger partial charge in [-0.05, 0) is 54.0 Å². The zero-order valence-corrected chi connectivity index (χ0v) is 25.9. The van der Waals surface area contributed by atoms with Gasteiger partial charge in [-0.2, -0.15) is 0 Å². The van der Waals surface area contributed by atoms with E-state index in [0.717, 1.165) is 42.7 Å². The van der Waals surface area contributed by atoms with E-state index in [2.05, 4.69) is 59.6 Å². The molecule has 0 saturated carbocycles. The van der Waals surface area contributed by atoms with Crippen molar-refractivity contribution in [3.63, 3.8) is 0 Å². The molecule has 2 aromatic rings. The van der Waals surface area contributed by atoms with Gasteiger partial charge in [0.15, 0.2) is 11.4 Å². The summed E-state index contributed by atoms with van der Waals surface area (Å²) in [6, 6.07) is 6.64. The van der Waals surface area contributed by atoms with Crippen molar-refractivity contribution in [2.75, 3.05) is 45.7 Å². The molecule has 7 aliphatic rings. The van der Waals surface area contributed by atoms with Crippen molar-refractivity contribution in [1.29, 1.82) is 0 Å². The van der Waals surface area contributed by atoms with Crippen LogP contribution in [0.3, 0.4) is 0 Å². The van der Waals surface area contributed by atoms with Crippen LogP contribution in [0.2, 0.25) is 0 Å². The minimum atomic E-state index is -1.15. The highest BCUT2D eigenvalue weighted by Gasteiger charge is 2.56. The average Bonchev–Trinajstić information content (AvgIpc) is 3.64. The van der Waals surface area contributed by atoms with E-state index in [1.807, 2.05) is 0 Å². The van der Waals surface area contributed by atoms with Gasteiger partial charge in [0.05, 0.1) is 19.2 Å². The van der Waals surface area contributed by atoms with Crippen LogP contribution in [-0.2, 0) is 21.4 Å². The number of hydrogen-bond donors (Lipinski definition) is 2. The summed E-state index contributed by atoms with van der Waals surface area (Å²) in [4.78, 5) is 51.3. The molecule has 6 bridgehead atoms. The number of hydrogen-bond acceptors (Lipinski definition) is 7. The number of nitrogens with one attached hydrogen (secondary N) is 1. The lowest BCUT2D eigenvalue weighted by Crippen LogP contribution is -2.50. The Balaban J connectivity index is 1.56. The Morgan fingerprint density at radius 3 is 2.41 bits per heavy atom. The zero-order chi connectivity index (χ0) is 31.3. The Morgan fingerprint density at radius 2 is 1.82 bits per heavy atom. The first-order valence-electron chi connectivity index (χ1n) is 15.2. The van der Waals surface area contributed by atoms with Gasteiger partial charge in [-0.15, -0.1) is 0 Å². The number of piperidine rings is 1. The van der Waals surface area contributed by atoms with Crippen LogP contribution < -0.4 is 15.0 Å². The molecule has 1 aromatic carbocycles. The summed E-state index contributed by atoms with van der Waals surface area (Å²) in [6.45, 7) is 5.16. The fourth-order valence-electron chi connectivity index (χ4n) is 7.97. The molecule has 10 nitrogen and oxygen atoms in total. The number of rotatable bonds is 9. The molecule has 2 N–H and O–H groups in total. The molecule has 5 aliphatic heterocycles. The van der Waals surface area contributed by atoms with Gasteiger partial charge in [0.1, 0.15) is 12.4 Å². The zero-order valence-electron chi connectivity index (χ0n) is 25.9. The third kappa shape index (κ3) is 4.67. The number of aryl methyl sites for hydroxylation is 1. The lowest BCUT2D eigenvalue weighted by Gasteiger charge is -2.51. The second kappa shape index (κ2) is 11.2. The summed E-state index contributed by atoms with van der Waals surface area (Å²) < 4.78 is 5.54. The summed E-state index contributed by atoms with van der Waals surface area (Å²) in [5.41, 5.74) is 5.81. The van der Waals surface area contributed by atoms with Crippen molar-refractivity contribution in [2.45, 2.75) is 44.4 Å². The Kier molecular flexibility index (Phi) is 7.55. The molecule has 2 aliphatic carbocycles. The molecule has 6 heterocycles. The van der Waals surface area contributed by atoms with Gasteiger partial charge in [-0.3, -0.25) is 14.4 Å². The third-order valence-corrected chi connectivity index (χ3v) is 9.99. The van der Waals surface area contributed by atoms with Crippen LogP contribution in [0, 0.1) is 18.8 Å². The van der Waals surface area contributed by atoms with Crippen molar-refractivity contribution < 1.29 is 24.2 Å². The number of carbonyl (C=O) groups is 3. The maximum Gasteiger partial charge on any atom is 0.322 e. The number of likely N-dealkylation sites (N-methyl/N-ethyl adjacent to an activating group) is 1. The Bertz CT molecular complexity index is 1610. The highest BCUT2D eigenvalue weighted by atomic mass is 16.5. The van der Waals surface area contributed by atoms with E-state index in [0.29, 0.717) is 17.9 Å². The molecule has 1 aromatic heterocycles. The number of benzene rings is 1. The van der Waals surface area contributed by atoms with Gasteiger partial charge in [0.25, 0.3) is 5.91 Å². The summed E-state index contributed by atoms with van der Waals surface area (Å²) in [6.07, 6.45) is 11.0. The molecule has 230 valence electrons. The van der Waals surface area contributed by atoms with Crippen LogP contribution in [0.15, 0.2) is 53.6 Å². The lowest BCUT2D eigenvalue weighted by atomic mass is 9.52. The summed E-state index contributed by atoms with van der Waals surface area (Å²) in [7, 11) is 5.03. The molecule has 2 atom stereocenters. The highest BCUT2D eigenvalue weighted by molar-refractivity contribution is 5.96. The quantitative estimate of drug-likeness (QED) is 0.450. The maximum absolute atomic E-state index is 13.2. The summed E-state index contributed by atoms with van der Waals surface area (Å²) >= 11 is 0. The fraction of sp³-hybridized carbons (Fsp3) is 0.441. The smallest absolute Gasteiger partial charge is 0.322 e. The van der Waals surface area contributed by atoms with Gasteiger partial charge >= 0.3 is 5.97 Å². The molecular formula is C34H39N5O5. The van der Waals surface area contributed by atoms with E-state index in [9.17, 15) is 19.5 Å². The second-order valence-corrected chi connectivity index (χ2v) is 12.4. The Labute approximate surface area is 257 Å². The predicted molar refractivity (Wildman–Crippen MR) is 166 cm³/mol. The monoisotopic (exact) mass is 597 g/mol. The van der Waals surface area contributed by atoms with Crippen molar-refractivity contribution >= 4 is 23.5 Å². The van der Waals surface area contributed by atoms with E-state index in [1.165, 1.54) is 18.3 Å². The molecule has 10 heteroatoms. The minimum Gasteiger partial charge on any atom is -0.492 e. The molecule has 9 rings (SSSR count). The number of carboxylic acid groups (broad SMARTS) is 1. The van der Waals surface area contributed by atoms with Crippen LogP contribution in [-0.4, -0.2) is 78.6 Å². The van der Waals surface area contributed by atoms with Crippen LogP contribution in [0.25, 0.3) is 0 Å². The topological polar surface area (TPSA) is 125 Å². The van der Waals surface area contributed by atoms with E-state index in [4.69, 9.17) is 14.7 Å². The largest absolute Gasteiger partial charge is 0.492 e. The van der Waals surface area contributed by atoms with E-state index in [1.54, 1.807) is 25.9 Å². The number of anilines is 1. The van der Waals surface area contributed by atoms with Crippen LogP contribution in [0.1, 0.15) is 58.8 Å². The number of fused-ring (bicyclic) bond motifs is 2. The van der Waals surface area contributed by atoms with Crippen LogP contribution in [0.4, 0.5) is 5.69 Å². The number of methoxy groups -OCH3 is 1. The normalized spacial score (nSPS) is 22.2. The van der Waals surface area contributed by atoms with Crippen molar-refractivity contribution in [1.82, 2.24) is 20.2 Å². The average molecular weight is 598 g/mol. The van der Waals surface area contributed by atoms with E-state index in [-0.39, 0.29) is 35.1 Å². The van der Waals surface area contributed by atoms with Crippen molar-refractivity contribution in [3.05, 3.63) is 82.0 Å². The van der Waals surface area contributed by atoms with Crippen molar-refractivity contribution in [2.24, 2.45) is 11.8 Å².